The number of hydrogen-bond donors (Lipinski definition) is 2. The Hall–Kier alpha value is -2.47. The van der Waals surface area contributed by atoms with Crippen LogP contribution < -0.4 is 10.6 Å². The summed E-state index contributed by atoms with van der Waals surface area (Å²) in [6, 6.07) is 9.45. The highest BCUT2D eigenvalue weighted by Gasteiger charge is 2.12. The summed E-state index contributed by atoms with van der Waals surface area (Å²) >= 11 is 0. The molecule has 0 aliphatic rings. The monoisotopic (exact) mass is 328 g/mol. The first kappa shape index (κ1) is 17.9. The number of benzene rings is 1. The average molecular weight is 328 g/mol. The van der Waals surface area contributed by atoms with Gasteiger partial charge in [-0.1, -0.05) is 32.0 Å². The van der Waals surface area contributed by atoms with Crippen LogP contribution in [0.1, 0.15) is 42.2 Å². The van der Waals surface area contributed by atoms with Crippen molar-refractivity contribution in [2.75, 3.05) is 30.9 Å². The lowest BCUT2D eigenvalue weighted by Gasteiger charge is -2.13. The van der Waals surface area contributed by atoms with Crippen molar-refractivity contribution in [3.05, 3.63) is 47.9 Å². The summed E-state index contributed by atoms with van der Waals surface area (Å²) in [5, 5.41) is 6.09. The van der Waals surface area contributed by atoms with E-state index < -0.39 is 0 Å². The Morgan fingerprint density at radius 3 is 2.79 bits per heavy atom. The SMILES string of the molecule is COCCCNc1cc(C(=O)Nc2ccccc2C(C)C)ncn1. The molecule has 2 rings (SSSR count). The van der Waals surface area contributed by atoms with Gasteiger partial charge in [-0.05, 0) is 24.0 Å². The first-order valence-electron chi connectivity index (χ1n) is 8.07. The molecule has 128 valence electrons. The number of nitrogens with zero attached hydrogens (tertiary/aromatic N) is 2. The maximum atomic E-state index is 12.5. The van der Waals surface area contributed by atoms with Crippen molar-refractivity contribution in [3.8, 4) is 0 Å². The van der Waals surface area contributed by atoms with Gasteiger partial charge in [0.1, 0.15) is 17.8 Å². The Morgan fingerprint density at radius 1 is 1.25 bits per heavy atom. The Labute approximate surface area is 142 Å². The number of para-hydroxylation sites is 1. The lowest BCUT2D eigenvalue weighted by atomic mass is 10.0. The zero-order chi connectivity index (χ0) is 17.4. The molecule has 1 heterocycles. The van der Waals surface area contributed by atoms with Crippen LogP contribution in [0.3, 0.4) is 0 Å². The molecule has 6 nitrogen and oxygen atoms in total. The molecule has 0 aliphatic carbocycles. The van der Waals surface area contributed by atoms with Crippen molar-refractivity contribution in [2.45, 2.75) is 26.2 Å². The van der Waals surface area contributed by atoms with E-state index in [4.69, 9.17) is 4.74 Å². The van der Waals surface area contributed by atoms with Crippen LogP contribution in [-0.4, -0.2) is 36.1 Å². The van der Waals surface area contributed by atoms with Crippen LogP contribution in [0.2, 0.25) is 0 Å². The minimum atomic E-state index is -0.245. The molecule has 0 unspecified atom stereocenters. The largest absolute Gasteiger partial charge is 0.385 e. The molecule has 0 saturated heterocycles. The summed E-state index contributed by atoms with van der Waals surface area (Å²) in [4.78, 5) is 20.7. The van der Waals surface area contributed by atoms with E-state index in [1.165, 1.54) is 6.33 Å². The van der Waals surface area contributed by atoms with Gasteiger partial charge in [-0.15, -0.1) is 0 Å². The van der Waals surface area contributed by atoms with Gasteiger partial charge < -0.3 is 15.4 Å². The minimum Gasteiger partial charge on any atom is -0.385 e. The number of methoxy groups -OCH3 is 1. The second-order valence-corrected chi connectivity index (χ2v) is 5.76. The number of ether oxygens (including phenoxy) is 1. The molecule has 0 aliphatic heterocycles. The maximum absolute atomic E-state index is 12.5. The summed E-state index contributed by atoms with van der Waals surface area (Å²) in [5.41, 5.74) is 2.24. The number of carbonyl (C=O) groups excluding carboxylic acids is 1. The molecule has 1 amide bonds. The highest BCUT2D eigenvalue weighted by Crippen LogP contribution is 2.24. The number of aromatic nitrogens is 2. The van der Waals surface area contributed by atoms with Crippen molar-refractivity contribution in [3.63, 3.8) is 0 Å². The Bertz CT molecular complexity index is 674. The van der Waals surface area contributed by atoms with Crippen LogP contribution in [0, 0.1) is 0 Å². The number of carbonyl (C=O) groups is 1. The van der Waals surface area contributed by atoms with Gasteiger partial charge in [0.2, 0.25) is 0 Å². The van der Waals surface area contributed by atoms with E-state index in [-0.39, 0.29) is 5.91 Å². The Morgan fingerprint density at radius 2 is 2.04 bits per heavy atom. The van der Waals surface area contributed by atoms with Crippen LogP contribution in [-0.2, 0) is 4.74 Å². The molecule has 0 saturated carbocycles. The molecule has 1 aromatic carbocycles. The zero-order valence-corrected chi connectivity index (χ0v) is 14.4. The van der Waals surface area contributed by atoms with E-state index in [9.17, 15) is 4.79 Å². The van der Waals surface area contributed by atoms with E-state index in [1.807, 2.05) is 24.3 Å². The van der Waals surface area contributed by atoms with Crippen LogP contribution in [0.4, 0.5) is 11.5 Å². The fourth-order valence-electron chi connectivity index (χ4n) is 2.31. The lowest BCUT2D eigenvalue weighted by molar-refractivity contribution is 0.102. The smallest absolute Gasteiger partial charge is 0.274 e. The third-order valence-electron chi connectivity index (χ3n) is 3.56. The van der Waals surface area contributed by atoms with E-state index >= 15 is 0 Å². The molecule has 6 heteroatoms. The fourth-order valence-corrected chi connectivity index (χ4v) is 2.31. The molecule has 2 N–H and O–H groups in total. The summed E-state index contributed by atoms with van der Waals surface area (Å²) in [6.45, 7) is 5.59. The van der Waals surface area contributed by atoms with E-state index in [0.717, 1.165) is 24.2 Å². The average Bonchev–Trinajstić information content (AvgIpc) is 2.59. The maximum Gasteiger partial charge on any atom is 0.274 e. The molecule has 0 fully saturated rings. The molecule has 2 aromatic rings. The van der Waals surface area contributed by atoms with E-state index in [1.54, 1.807) is 13.2 Å². The summed E-state index contributed by atoms with van der Waals surface area (Å²) in [6.07, 6.45) is 2.26. The van der Waals surface area contributed by atoms with Gasteiger partial charge in [0.05, 0.1) is 0 Å². The van der Waals surface area contributed by atoms with Crippen LogP contribution in [0.25, 0.3) is 0 Å². The van der Waals surface area contributed by atoms with Crippen molar-refractivity contribution in [1.29, 1.82) is 0 Å². The zero-order valence-electron chi connectivity index (χ0n) is 14.4. The van der Waals surface area contributed by atoms with Crippen molar-refractivity contribution < 1.29 is 9.53 Å². The van der Waals surface area contributed by atoms with Crippen molar-refractivity contribution >= 4 is 17.4 Å². The van der Waals surface area contributed by atoms with E-state index in [2.05, 4.69) is 34.4 Å². The number of anilines is 2. The number of amides is 1. The molecular formula is C18H24N4O2. The molecule has 0 radical (unpaired) electrons. The molecular weight excluding hydrogens is 304 g/mol. The fraction of sp³-hybridized carbons (Fsp3) is 0.389. The first-order valence-corrected chi connectivity index (χ1v) is 8.07. The van der Waals surface area contributed by atoms with Gasteiger partial charge in [0, 0.05) is 32.0 Å². The molecule has 0 spiro atoms. The third kappa shape index (κ3) is 5.03. The highest BCUT2D eigenvalue weighted by atomic mass is 16.5. The highest BCUT2D eigenvalue weighted by molar-refractivity contribution is 6.03. The summed E-state index contributed by atoms with van der Waals surface area (Å²) < 4.78 is 5.00. The van der Waals surface area contributed by atoms with Crippen LogP contribution >= 0.6 is 0 Å². The third-order valence-corrected chi connectivity index (χ3v) is 3.56. The second kappa shape index (κ2) is 8.98. The molecule has 0 bridgehead atoms. The summed E-state index contributed by atoms with van der Waals surface area (Å²) in [5.74, 6) is 0.707. The van der Waals surface area contributed by atoms with Gasteiger partial charge in [0.15, 0.2) is 0 Å². The van der Waals surface area contributed by atoms with Crippen molar-refractivity contribution in [2.24, 2.45) is 0 Å². The van der Waals surface area contributed by atoms with Crippen molar-refractivity contribution in [1.82, 2.24) is 9.97 Å². The molecule has 24 heavy (non-hydrogen) atoms. The second-order valence-electron chi connectivity index (χ2n) is 5.76. The van der Waals surface area contributed by atoms with Gasteiger partial charge in [0.25, 0.3) is 5.91 Å². The normalized spacial score (nSPS) is 10.7. The summed E-state index contributed by atoms with van der Waals surface area (Å²) in [7, 11) is 1.67. The van der Waals surface area contributed by atoms with Crippen LogP contribution in [0.15, 0.2) is 36.7 Å². The molecule has 0 atom stereocenters. The lowest BCUT2D eigenvalue weighted by Crippen LogP contribution is -2.16. The van der Waals surface area contributed by atoms with Gasteiger partial charge in [-0.25, -0.2) is 9.97 Å². The van der Waals surface area contributed by atoms with E-state index in [0.29, 0.717) is 24.0 Å². The van der Waals surface area contributed by atoms with Crippen LogP contribution in [0.5, 0.6) is 0 Å². The quantitative estimate of drug-likeness (QED) is 0.727. The number of hydrogen-bond acceptors (Lipinski definition) is 5. The number of nitrogens with one attached hydrogen (secondary N) is 2. The Balaban J connectivity index is 2.05. The topological polar surface area (TPSA) is 76.1 Å². The standard InChI is InChI=1S/C18H24N4O2/c1-13(2)14-7-4-5-8-15(14)22-18(23)16-11-17(21-12-20-16)19-9-6-10-24-3/h4-5,7-8,11-13H,6,9-10H2,1-3H3,(H,22,23)(H,19,20,21). The Kier molecular flexibility index (Phi) is 6.69. The first-order chi connectivity index (χ1) is 11.6. The van der Waals surface area contributed by atoms with Gasteiger partial charge in [-0.2, -0.15) is 0 Å². The predicted molar refractivity (Wildman–Crippen MR) is 95.5 cm³/mol. The predicted octanol–water partition coefficient (Wildman–Crippen LogP) is 3.30. The van der Waals surface area contributed by atoms with Gasteiger partial charge >= 0.3 is 0 Å². The van der Waals surface area contributed by atoms with Gasteiger partial charge in [-0.3, -0.25) is 4.79 Å². The minimum absolute atomic E-state index is 0.245. The molecule has 1 aromatic heterocycles. The number of rotatable bonds is 8.